The first-order valence-corrected chi connectivity index (χ1v) is 3.74. The van der Waals surface area contributed by atoms with Crippen molar-refractivity contribution < 1.29 is 61.3 Å². The number of hydrogen-bond acceptors (Lipinski definition) is 3. The van der Waals surface area contributed by atoms with Gasteiger partial charge in [-0.15, -0.1) is 0 Å². The van der Waals surface area contributed by atoms with E-state index in [9.17, 15) is 9.90 Å². The number of carboxylic acid groups (broad SMARTS) is 1. The largest absolute Gasteiger partial charge is 1.00 e. The van der Waals surface area contributed by atoms with Crippen molar-refractivity contribution in [2.45, 2.75) is 6.92 Å². The van der Waals surface area contributed by atoms with Gasteiger partial charge in [0, 0.05) is 10.7 Å². The van der Waals surface area contributed by atoms with Gasteiger partial charge in [-0.1, -0.05) is 0 Å². The first kappa shape index (κ1) is 12.7. The predicted molar refractivity (Wildman–Crippen MR) is 41.0 cm³/mol. The molecule has 12 heavy (non-hydrogen) atoms. The maximum Gasteiger partial charge on any atom is 1.00 e. The summed E-state index contributed by atoms with van der Waals surface area (Å²) >= 11 is 3.20. The van der Waals surface area contributed by atoms with Crippen LogP contribution in [0.25, 0.3) is 0 Å². The van der Waals surface area contributed by atoms with Crippen LogP contribution in [0.1, 0.15) is 16.1 Å². The molecule has 1 heterocycles. The van der Waals surface area contributed by atoms with Gasteiger partial charge in [-0.3, -0.25) is 4.98 Å². The van der Waals surface area contributed by atoms with Crippen LogP contribution in [-0.2, 0) is 0 Å². The molecule has 3 nitrogen and oxygen atoms in total. The number of halogens is 1. The molecule has 0 aromatic carbocycles. The Morgan fingerprint density at radius 3 is 2.67 bits per heavy atom. The van der Waals surface area contributed by atoms with E-state index >= 15 is 0 Å². The molecule has 0 saturated carbocycles. The van der Waals surface area contributed by atoms with E-state index in [2.05, 4.69) is 20.9 Å². The van der Waals surface area contributed by atoms with Crippen molar-refractivity contribution in [2.75, 3.05) is 0 Å². The quantitative estimate of drug-likeness (QED) is 0.521. The Bertz CT molecular complexity index is 303. The molecule has 0 amide bonds. The minimum atomic E-state index is -1.25. The second kappa shape index (κ2) is 5.46. The fraction of sp³-hybridized carbons (Fsp3) is 0.143. The van der Waals surface area contributed by atoms with Gasteiger partial charge in [-0.2, -0.15) is 0 Å². The average Bonchev–Trinajstić information content (AvgIpc) is 1.94. The van der Waals surface area contributed by atoms with E-state index in [4.69, 9.17) is 0 Å². The number of nitrogens with zero attached hydrogens (tertiary/aromatic N) is 1. The standard InChI is InChI=1S/C7H6BrNO2.K/c1-4-2-6(7(10)11)9-3-5(4)8;/h2-3H,1H3,(H,10,11);/q;+1/p-1. The summed E-state index contributed by atoms with van der Waals surface area (Å²) in [6.45, 7) is 1.79. The maximum atomic E-state index is 10.3. The van der Waals surface area contributed by atoms with Crippen LogP contribution in [0.4, 0.5) is 0 Å². The van der Waals surface area contributed by atoms with Crippen molar-refractivity contribution in [3.8, 4) is 0 Å². The van der Waals surface area contributed by atoms with E-state index in [0.717, 1.165) is 10.0 Å². The van der Waals surface area contributed by atoms with Gasteiger partial charge in [-0.05, 0) is 34.5 Å². The van der Waals surface area contributed by atoms with Crippen molar-refractivity contribution in [1.29, 1.82) is 0 Å². The van der Waals surface area contributed by atoms with E-state index in [1.54, 1.807) is 6.92 Å². The van der Waals surface area contributed by atoms with Crippen LogP contribution in [-0.4, -0.2) is 11.0 Å². The van der Waals surface area contributed by atoms with Gasteiger partial charge in [-0.25, -0.2) is 0 Å². The smallest absolute Gasteiger partial charge is 0.543 e. The first-order valence-electron chi connectivity index (χ1n) is 2.95. The summed E-state index contributed by atoms with van der Waals surface area (Å²) in [5.41, 5.74) is 0.796. The predicted octanol–water partition coefficient (Wildman–Crippen LogP) is -2.48. The number of rotatable bonds is 1. The Hall–Kier alpha value is 0.736. The summed E-state index contributed by atoms with van der Waals surface area (Å²) in [6, 6.07) is 1.46. The van der Waals surface area contributed by atoms with Crippen molar-refractivity contribution in [1.82, 2.24) is 4.98 Å². The summed E-state index contributed by atoms with van der Waals surface area (Å²) in [7, 11) is 0. The number of pyridine rings is 1. The second-order valence-corrected chi connectivity index (χ2v) is 2.96. The minimum Gasteiger partial charge on any atom is -0.543 e. The third-order valence-corrected chi connectivity index (χ3v) is 2.09. The minimum absolute atomic E-state index is 0. The van der Waals surface area contributed by atoms with Crippen molar-refractivity contribution in [3.05, 3.63) is 28.0 Å². The zero-order valence-corrected chi connectivity index (χ0v) is 11.5. The Labute approximate surface area is 121 Å². The van der Waals surface area contributed by atoms with Crippen LogP contribution in [0, 0.1) is 6.92 Å². The maximum absolute atomic E-state index is 10.3. The molecular weight excluding hydrogens is 249 g/mol. The first-order chi connectivity index (χ1) is 5.11. The van der Waals surface area contributed by atoms with Gasteiger partial charge in [0.05, 0.1) is 11.7 Å². The molecule has 0 unspecified atom stereocenters. The zero-order chi connectivity index (χ0) is 8.43. The molecule has 5 heteroatoms. The van der Waals surface area contributed by atoms with Gasteiger partial charge >= 0.3 is 51.4 Å². The second-order valence-electron chi connectivity index (χ2n) is 2.11. The molecule has 58 valence electrons. The normalized spacial score (nSPS) is 8.83. The van der Waals surface area contributed by atoms with Crippen LogP contribution in [0.5, 0.6) is 0 Å². The number of aryl methyl sites for hydroxylation is 1. The van der Waals surface area contributed by atoms with Crippen LogP contribution >= 0.6 is 15.9 Å². The number of carbonyl (C=O) groups excluding carboxylic acids is 1. The number of carbonyl (C=O) groups is 1. The molecule has 0 aliphatic rings. The van der Waals surface area contributed by atoms with E-state index in [-0.39, 0.29) is 57.1 Å². The molecular formula is C7H5BrKNO2. The van der Waals surface area contributed by atoms with Crippen LogP contribution < -0.4 is 56.5 Å². The van der Waals surface area contributed by atoms with E-state index in [0.29, 0.717) is 0 Å². The van der Waals surface area contributed by atoms with E-state index in [1.165, 1.54) is 12.3 Å². The summed E-state index contributed by atoms with van der Waals surface area (Å²) in [6.07, 6.45) is 1.44. The number of hydrogen-bond donors (Lipinski definition) is 0. The summed E-state index contributed by atoms with van der Waals surface area (Å²) in [5.74, 6) is -1.25. The van der Waals surface area contributed by atoms with Gasteiger partial charge < -0.3 is 9.90 Å². The molecule has 0 spiro atoms. The molecule has 0 fully saturated rings. The Kier molecular flexibility index (Phi) is 5.80. The van der Waals surface area contributed by atoms with Crippen molar-refractivity contribution in [2.24, 2.45) is 0 Å². The number of aromatic nitrogens is 1. The van der Waals surface area contributed by atoms with E-state index in [1.807, 2.05) is 0 Å². The van der Waals surface area contributed by atoms with Crippen LogP contribution in [0.2, 0.25) is 0 Å². The average molecular weight is 254 g/mol. The number of aromatic carboxylic acids is 1. The topological polar surface area (TPSA) is 53.0 Å². The van der Waals surface area contributed by atoms with Crippen LogP contribution in [0.3, 0.4) is 0 Å². The van der Waals surface area contributed by atoms with Gasteiger partial charge in [0.2, 0.25) is 0 Å². The Morgan fingerprint density at radius 2 is 2.25 bits per heavy atom. The van der Waals surface area contributed by atoms with Crippen LogP contribution in [0.15, 0.2) is 16.7 Å². The number of carboxylic acids is 1. The fourth-order valence-electron chi connectivity index (χ4n) is 0.651. The third kappa shape index (κ3) is 3.24. The molecule has 0 bridgehead atoms. The van der Waals surface area contributed by atoms with Crippen molar-refractivity contribution >= 4 is 21.9 Å². The van der Waals surface area contributed by atoms with Gasteiger partial charge in [0.25, 0.3) is 0 Å². The summed E-state index contributed by atoms with van der Waals surface area (Å²) in [4.78, 5) is 13.9. The molecule has 0 N–H and O–H groups in total. The third-order valence-electron chi connectivity index (χ3n) is 1.26. The molecule has 0 saturated heterocycles. The SMILES string of the molecule is Cc1cc(C(=O)[O-])ncc1Br.[K+]. The molecule has 0 radical (unpaired) electrons. The molecule has 0 atom stereocenters. The molecule has 1 aromatic rings. The zero-order valence-electron chi connectivity index (χ0n) is 6.80. The van der Waals surface area contributed by atoms with Crippen molar-refractivity contribution in [3.63, 3.8) is 0 Å². The fourth-order valence-corrected chi connectivity index (χ4v) is 0.868. The van der Waals surface area contributed by atoms with Gasteiger partial charge in [0.15, 0.2) is 0 Å². The molecule has 1 rings (SSSR count). The monoisotopic (exact) mass is 253 g/mol. The Morgan fingerprint density at radius 1 is 1.67 bits per heavy atom. The molecule has 0 aliphatic carbocycles. The summed E-state index contributed by atoms with van der Waals surface area (Å²) < 4.78 is 0.794. The summed E-state index contributed by atoms with van der Waals surface area (Å²) in [5, 5.41) is 10.3. The van der Waals surface area contributed by atoms with Gasteiger partial charge in [0.1, 0.15) is 0 Å². The molecule has 0 aliphatic heterocycles. The van der Waals surface area contributed by atoms with E-state index < -0.39 is 5.97 Å². The molecule has 1 aromatic heterocycles. The Balaban J connectivity index is 0.00000121.